The Kier molecular flexibility index (Phi) is 5.21. The first-order valence-corrected chi connectivity index (χ1v) is 5.70. The quantitative estimate of drug-likeness (QED) is 0.468. The van der Waals surface area contributed by atoms with Crippen LogP contribution < -0.4 is 0 Å². The summed E-state index contributed by atoms with van der Waals surface area (Å²) in [4.78, 5) is 2.11. The summed E-state index contributed by atoms with van der Waals surface area (Å²) in [6, 6.07) is 16.6. The first kappa shape index (κ1) is 14.6. The van der Waals surface area contributed by atoms with Crippen molar-refractivity contribution in [3.63, 3.8) is 0 Å². The molecule has 0 aromatic heterocycles. The Balaban J connectivity index is 0.00000162. The van der Waals surface area contributed by atoms with Gasteiger partial charge in [-0.1, -0.05) is 0 Å². The number of allylic oxidation sites excluding steroid dienone is 2. The van der Waals surface area contributed by atoms with Crippen LogP contribution in [0.1, 0.15) is 11.1 Å². The van der Waals surface area contributed by atoms with Crippen molar-refractivity contribution in [2.24, 2.45) is 0 Å². The molecule has 2 aromatic rings. The molecule has 2 aromatic carbocycles. The molecule has 0 saturated heterocycles. The van der Waals surface area contributed by atoms with Crippen LogP contribution in [0.15, 0.2) is 61.2 Å². The van der Waals surface area contributed by atoms with Gasteiger partial charge >= 0.3 is 0 Å². The Hall–Kier alpha value is -1.50. The van der Waals surface area contributed by atoms with E-state index in [0.717, 1.165) is 5.57 Å². The molecule has 18 heavy (non-hydrogen) atoms. The molecule has 0 fully saturated rings. The Morgan fingerprint density at radius 2 is 1.72 bits per heavy atom. The van der Waals surface area contributed by atoms with Gasteiger partial charge in [-0.15, -0.1) is 23.4 Å². The summed E-state index contributed by atoms with van der Waals surface area (Å²) in [5.74, 6) is 0. The van der Waals surface area contributed by atoms with Crippen molar-refractivity contribution >= 4 is 11.3 Å². The van der Waals surface area contributed by atoms with Gasteiger partial charge in [-0.25, -0.2) is 0 Å². The molecule has 1 nitrogen and oxygen atoms in total. The monoisotopic (exact) mass is 279 g/mol. The van der Waals surface area contributed by atoms with E-state index in [1.165, 1.54) is 16.8 Å². The van der Waals surface area contributed by atoms with E-state index in [9.17, 15) is 0 Å². The van der Waals surface area contributed by atoms with E-state index in [-0.39, 0.29) is 17.1 Å². The minimum absolute atomic E-state index is 0. The maximum absolute atomic E-state index is 4.13. The molecular weight excluding hydrogens is 262 g/mol. The summed E-state index contributed by atoms with van der Waals surface area (Å²) in [5, 5.41) is 0. The van der Waals surface area contributed by atoms with Crippen LogP contribution in [0.5, 0.6) is 0 Å². The van der Waals surface area contributed by atoms with Crippen LogP contribution in [-0.4, -0.2) is 19.0 Å². The average Bonchev–Trinajstić information content (AvgIpc) is 2.97. The summed E-state index contributed by atoms with van der Waals surface area (Å²) in [5.41, 5.74) is 4.62. The second-order valence-electron chi connectivity index (χ2n) is 4.30. The van der Waals surface area contributed by atoms with Crippen molar-refractivity contribution in [3.05, 3.63) is 72.3 Å². The third kappa shape index (κ3) is 3.25. The van der Waals surface area contributed by atoms with Crippen molar-refractivity contribution in [2.45, 2.75) is 0 Å². The maximum atomic E-state index is 4.13. The van der Waals surface area contributed by atoms with Gasteiger partial charge in [0.2, 0.25) is 0 Å². The van der Waals surface area contributed by atoms with Crippen LogP contribution in [-0.2, 0) is 17.1 Å². The number of rotatable bonds is 4. The summed E-state index contributed by atoms with van der Waals surface area (Å²) < 4.78 is 0. The van der Waals surface area contributed by atoms with Crippen LogP contribution in [0.2, 0.25) is 0 Å². The van der Waals surface area contributed by atoms with Crippen LogP contribution in [0.3, 0.4) is 0 Å². The van der Waals surface area contributed by atoms with Gasteiger partial charge in [0.25, 0.3) is 0 Å². The minimum Gasteiger partial charge on any atom is -0.642 e. The van der Waals surface area contributed by atoms with E-state index in [0.29, 0.717) is 0 Å². The van der Waals surface area contributed by atoms with Crippen molar-refractivity contribution in [3.8, 4) is 0 Å². The van der Waals surface area contributed by atoms with Gasteiger partial charge in [0.05, 0.1) is 0 Å². The first-order valence-electron chi connectivity index (χ1n) is 5.70. The van der Waals surface area contributed by atoms with Crippen molar-refractivity contribution < 1.29 is 17.1 Å². The van der Waals surface area contributed by atoms with Crippen LogP contribution in [0.25, 0.3) is 11.3 Å². The van der Waals surface area contributed by atoms with E-state index < -0.39 is 0 Å². The summed E-state index contributed by atoms with van der Waals surface area (Å²) in [6.45, 7) is 4.13. The van der Waals surface area contributed by atoms with Crippen molar-refractivity contribution in [1.82, 2.24) is 4.90 Å². The molecule has 0 saturated carbocycles. The minimum atomic E-state index is 0. The molecule has 2 heteroatoms. The molecule has 0 bridgehead atoms. The Labute approximate surface area is 120 Å². The molecule has 0 aliphatic carbocycles. The van der Waals surface area contributed by atoms with Gasteiger partial charge in [-0.05, 0) is 0 Å². The Bertz CT molecular complexity index is 501. The van der Waals surface area contributed by atoms with Gasteiger partial charge in [0.1, 0.15) is 0 Å². The Morgan fingerprint density at radius 3 is 2.22 bits per heavy atom. The molecule has 0 aliphatic heterocycles. The van der Waals surface area contributed by atoms with E-state index in [1.807, 2.05) is 12.1 Å². The molecule has 0 heterocycles. The second-order valence-corrected chi connectivity index (χ2v) is 4.30. The normalized spacial score (nSPS) is 10.9. The summed E-state index contributed by atoms with van der Waals surface area (Å²) >= 11 is 0. The fourth-order valence-electron chi connectivity index (χ4n) is 1.85. The second kappa shape index (κ2) is 6.44. The third-order valence-corrected chi connectivity index (χ3v) is 2.78. The summed E-state index contributed by atoms with van der Waals surface area (Å²) in [7, 11) is 4.11. The van der Waals surface area contributed by atoms with E-state index >= 15 is 0 Å². The predicted octanol–water partition coefficient (Wildman–Crippen LogP) is 3.74. The van der Waals surface area contributed by atoms with E-state index in [1.54, 1.807) is 0 Å². The molecule has 0 spiro atoms. The van der Waals surface area contributed by atoms with E-state index in [4.69, 9.17) is 0 Å². The Morgan fingerprint density at radius 1 is 1.17 bits per heavy atom. The number of hydrogen-bond donors (Lipinski definition) is 0. The smallest absolute Gasteiger partial charge is 0.00334 e. The van der Waals surface area contributed by atoms with Crippen molar-refractivity contribution in [1.29, 1.82) is 0 Å². The number of hydrogen-bond acceptors (Lipinski definition) is 1. The number of nitrogens with zero attached hydrogens (tertiary/aromatic N) is 1. The topological polar surface area (TPSA) is 3.24 Å². The zero-order valence-electron chi connectivity index (χ0n) is 10.7. The molecule has 0 atom stereocenters. The maximum Gasteiger partial charge on any atom is 0.00334 e. The fraction of sp³-hybridized carbons (Fsp3) is 0.125. The molecular formula is C16H17FeN-6. The molecule has 0 unspecified atom stereocenters. The molecule has 100 valence electrons. The van der Waals surface area contributed by atoms with Crippen LogP contribution >= 0.6 is 0 Å². The van der Waals surface area contributed by atoms with Gasteiger partial charge in [0, 0.05) is 31.2 Å². The van der Waals surface area contributed by atoms with Gasteiger partial charge < -0.3 is 53.0 Å². The van der Waals surface area contributed by atoms with Crippen LogP contribution in [0, 0.1) is 0 Å². The van der Waals surface area contributed by atoms with E-state index in [2.05, 4.69) is 68.0 Å². The predicted molar refractivity (Wildman–Crippen MR) is 74.8 cm³/mol. The zero-order chi connectivity index (χ0) is 12.3. The molecule has 2 rings (SSSR count). The molecule has 0 radical (unpaired) electrons. The first-order chi connectivity index (χ1) is 8.18. The standard InChI is InChI=1S/C16H17N.Fe/c1-13(14-8-4-5-9-14)12-16(17(2)3)15-10-6-7-11-15;/h4-12H,1H2,2-3H3;/q-6;. The molecule has 0 aliphatic rings. The van der Waals surface area contributed by atoms with Gasteiger partial charge in [-0.3, -0.25) is 0 Å². The van der Waals surface area contributed by atoms with Crippen molar-refractivity contribution in [2.75, 3.05) is 14.1 Å². The molecule has 0 amide bonds. The van der Waals surface area contributed by atoms with Gasteiger partial charge in [-0.2, -0.15) is 12.1 Å². The fourth-order valence-corrected chi connectivity index (χ4v) is 1.85. The average molecular weight is 279 g/mol. The zero-order valence-corrected chi connectivity index (χ0v) is 11.8. The van der Waals surface area contributed by atoms with Crippen LogP contribution in [0.4, 0.5) is 0 Å². The SMILES string of the molecule is C=C(C=C([c-]1cccc1)N(C)C)[c-]1[cH-][cH-][cH-][cH-]1.[Fe]. The summed E-state index contributed by atoms with van der Waals surface area (Å²) in [6.07, 6.45) is 2.13. The largest absolute Gasteiger partial charge is 0.642 e. The third-order valence-electron chi connectivity index (χ3n) is 2.78. The molecule has 0 N–H and O–H groups in total. The van der Waals surface area contributed by atoms with Gasteiger partial charge in [0.15, 0.2) is 0 Å².